The Hall–Kier alpha value is -2.21. The fourth-order valence-corrected chi connectivity index (χ4v) is 7.73. The van der Waals surface area contributed by atoms with Crippen molar-refractivity contribution in [1.82, 2.24) is 15.1 Å². The molecule has 6 fully saturated rings. The van der Waals surface area contributed by atoms with E-state index in [0.717, 1.165) is 19.3 Å². The SMILES string of the molecule is CC1(NCC(=O)N2C[C@@H](F)C[C@H]2C#N)CCN(C(=O)COC(=O)C23CC4CC(CC(C4)C2)C3)CC1. The molecule has 0 unspecified atom stereocenters. The monoisotopic (exact) mass is 488 g/mol. The van der Waals surface area contributed by atoms with Gasteiger partial charge in [-0.05, 0) is 76.0 Å². The molecule has 9 heteroatoms. The van der Waals surface area contributed by atoms with Crippen molar-refractivity contribution < 1.29 is 23.5 Å². The van der Waals surface area contributed by atoms with Crippen LogP contribution in [-0.2, 0) is 19.1 Å². The number of likely N-dealkylation sites (tertiary alicyclic amines) is 2. The molecule has 0 aromatic rings. The molecule has 2 aliphatic heterocycles. The molecule has 35 heavy (non-hydrogen) atoms. The lowest BCUT2D eigenvalue weighted by Crippen LogP contribution is -2.55. The number of amides is 2. The summed E-state index contributed by atoms with van der Waals surface area (Å²) in [5.41, 5.74) is -0.687. The van der Waals surface area contributed by atoms with E-state index in [1.807, 2.05) is 13.0 Å². The van der Waals surface area contributed by atoms with Crippen LogP contribution in [0.3, 0.4) is 0 Å². The number of ether oxygens (including phenoxy) is 1. The fraction of sp³-hybridized carbons (Fsp3) is 0.846. The zero-order valence-electron chi connectivity index (χ0n) is 20.6. The zero-order valence-corrected chi connectivity index (χ0v) is 20.6. The number of hydrogen-bond acceptors (Lipinski definition) is 6. The van der Waals surface area contributed by atoms with Crippen molar-refractivity contribution in [3.63, 3.8) is 0 Å². The van der Waals surface area contributed by atoms with Gasteiger partial charge in [0.05, 0.1) is 24.6 Å². The molecular formula is C26H37FN4O4. The van der Waals surface area contributed by atoms with Crippen LogP contribution in [0.5, 0.6) is 0 Å². The maximum atomic E-state index is 13.6. The second-order valence-electron chi connectivity index (χ2n) is 12.1. The number of hydrogen-bond donors (Lipinski definition) is 1. The number of piperidine rings is 1. The Balaban J connectivity index is 1.06. The van der Waals surface area contributed by atoms with Gasteiger partial charge in [0.15, 0.2) is 6.61 Å². The topological polar surface area (TPSA) is 103 Å². The quantitative estimate of drug-likeness (QED) is 0.575. The van der Waals surface area contributed by atoms with Gasteiger partial charge >= 0.3 is 5.97 Å². The Morgan fingerprint density at radius 1 is 1.03 bits per heavy atom. The molecule has 0 radical (unpaired) electrons. The highest BCUT2D eigenvalue weighted by molar-refractivity contribution is 5.83. The van der Waals surface area contributed by atoms with E-state index in [-0.39, 0.29) is 54.9 Å². The molecule has 2 heterocycles. The lowest BCUT2D eigenvalue weighted by molar-refractivity contribution is -0.174. The van der Waals surface area contributed by atoms with Crippen molar-refractivity contribution in [1.29, 1.82) is 5.26 Å². The number of esters is 1. The number of nitrogens with zero attached hydrogens (tertiary/aromatic N) is 3. The van der Waals surface area contributed by atoms with Crippen molar-refractivity contribution in [3.8, 4) is 6.07 Å². The van der Waals surface area contributed by atoms with E-state index in [4.69, 9.17) is 10.00 Å². The van der Waals surface area contributed by atoms with E-state index in [2.05, 4.69) is 5.32 Å². The van der Waals surface area contributed by atoms with E-state index >= 15 is 0 Å². The Morgan fingerprint density at radius 2 is 1.63 bits per heavy atom. The van der Waals surface area contributed by atoms with Gasteiger partial charge in [-0.3, -0.25) is 14.4 Å². The molecular weight excluding hydrogens is 451 g/mol. The molecule has 2 saturated heterocycles. The summed E-state index contributed by atoms with van der Waals surface area (Å²) in [6, 6.07) is 1.30. The van der Waals surface area contributed by atoms with E-state index in [0.29, 0.717) is 43.7 Å². The summed E-state index contributed by atoms with van der Waals surface area (Å²) in [6.07, 6.45) is 6.78. The molecule has 4 bridgehead atoms. The van der Waals surface area contributed by atoms with Gasteiger partial charge in [0.1, 0.15) is 12.2 Å². The molecule has 4 aliphatic carbocycles. The Labute approximate surface area is 206 Å². The Morgan fingerprint density at radius 3 is 2.20 bits per heavy atom. The molecule has 1 N–H and O–H groups in total. The molecule has 4 saturated carbocycles. The largest absolute Gasteiger partial charge is 0.455 e. The van der Waals surface area contributed by atoms with Crippen LogP contribution in [0.4, 0.5) is 4.39 Å². The zero-order chi connectivity index (χ0) is 24.8. The van der Waals surface area contributed by atoms with Gasteiger partial charge in [0.2, 0.25) is 5.91 Å². The minimum absolute atomic E-state index is 0.0281. The van der Waals surface area contributed by atoms with Gasteiger partial charge in [-0.1, -0.05) is 0 Å². The summed E-state index contributed by atoms with van der Waals surface area (Å²) in [7, 11) is 0. The van der Waals surface area contributed by atoms with Crippen LogP contribution in [-0.4, -0.2) is 78.1 Å². The second-order valence-corrected chi connectivity index (χ2v) is 12.1. The number of nitrogens with one attached hydrogen (secondary N) is 1. The van der Waals surface area contributed by atoms with E-state index < -0.39 is 12.2 Å². The third-order valence-electron chi connectivity index (χ3n) is 9.40. The third kappa shape index (κ3) is 4.91. The highest BCUT2D eigenvalue weighted by atomic mass is 19.1. The van der Waals surface area contributed by atoms with Crippen LogP contribution < -0.4 is 5.32 Å². The summed E-state index contributed by atoms with van der Waals surface area (Å²) < 4.78 is 19.2. The fourth-order valence-electron chi connectivity index (χ4n) is 7.73. The van der Waals surface area contributed by atoms with Crippen LogP contribution in [0.25, 0.3) is 0 Å². The van der Waals surface area contributed by atoms with Crippen molar-refractivity contribution >= 4 is 17.8 Å². The molecule has 6 aliphatic rings. The molecule has 2 amide bonds. The van der Waals surface area contributed by atoms with Crippen LogP contribution in [0.15, 0.2) is 0 Å². The molecule has 8 nitrogen and oxygen atoms in total. The van der Waals surface area contributed by atoms with Gasteiger partial charge < -0.3 is 19.9 Å². The van der Waals surface area contributed by atoms with Crippen LogP contribution in [0.2, 0.25) is 0 Å². The standard InChI is InChI=1S/C26H37FN4O4/c1-25(29-14-22(32)31-15-20(27)9-21(31)13-28)2-4-30(5-3-25)23(33)16-35-24(34)26-10-17-6-18(11-26)8-19(7-17)12-26/h17-21,29H,2-12,14-16H2,1H3/t17?,18?,19?,20-,21-,26?/m0/s1. The number of carbonyl (C=O) groups is 3. The average Bonchev–Trinajstić information content (AvgIpc) is 3.21. The van der Waals surface area contributed by atoms with Gasteiger partial charge in [0, 0.05) is 25.0 Å². The van der Waals surface area contributed by atoms with Crippen LogP contribution in [0.1, 0.15) is 64.7 Å². The van der Waals surface area contributed by atoms with Crippen molar-refractivity contribution in [2.24, 2.45) is 23.2 Å². The van der Waals surface area contributed by atoms with E-state index in [9.17, 15) is 18.8 Å². The predicted octanol–water partition coefficient (Wildman–Crippen LogP) is 2.18. The lowest BCUT2D eigenvalue weighted by atomic mass is 9.49. The summed E-state index contributed by atoms with van der Waals surface area (Å²) in [4.78, 5) is 41.4. The van der Waals surface area contributed by atoms with Gasteiger partial charge in [-0.15, -0.1) is 0 Å². The Kier molecular flexibility index (Phi) is 6.54. The molecule has 6 rings (SSSR count). The summed E-state index contributed by atoms with van der Waals surface area (Å²) in [6.45, 7) is 2.86. The first-order valence-electron chi connectivity index (χ1n) is 13.2. The summed E-state index contributed by atoms with van der Waals surface area (Å²) in [5.74, 6) is 1.35. The molecule has 192 valence electrons. The lowest BCUT2D eigenvalue weighted by Gasteiger charge is -2.55. The first-order chi connectivity index (χ1) is 16.7. The number of rotatable bonds is 6. The molecule has 2 atom stereocenters. The predicted molar refractivity (Wildman–Crippen MR) is 124 cm³/mol. The van der Waals surface area contributed by atoms with Crippen molar-refractivity contribution in [2.75, 3.05) is 32.8 Å². The third-order valence-corrected chi connectivity index (χ3v) is 9.40. The minimum Gasteiger partial charge on any atom is -0.455 e. The van der Waals surface area contributed by atoms with Crippen LogP contribution in [0, 0.1) is 34.5 Å². The maximum absolute atomic E-state index is 13.6. The first-order valence-corrected chi connectivity index (χ1v) is 13.2. The first kappa shape index (κ1) is 24.5. The van der Waals surface area contributed by atoms with Gasteiger partial charge in [0.25, 0.3) is 5.91 Å². The van der Waals surface area contributed by atoms with Crippen molar-refractivity contribution in [2.45, 2.75) is 82.5 Å². The smallest absolute Gasteiger partial charge is 0.312 e. The highest BCUT2D eigenvalue weighted by Gasteiger charge is 2.55. The average molecular weight is 489 g/mol. The highest BCUT2D eigenvalue weighted by Crippen LogP contribution is 2.60. The van der Waals surface area contributed by atoms with E-state index in [1.54, 1.807) is 4.90 Å². The second kappa shape index (κ2) is 9.34. The van der Waals surface area contributed by atoms with E-state index in [1.165, 1.54) is 24.2 Å². The van der Waals surface area contributed by atoms with Crippen LogP contribution >= 0.6 is 0 Å². The number of alkyl halides is 1. The molecule has 0 aromatic heterocycles. The number of halogens is 1. The Bertz CT molecular complexity index is 874. The van der Waals surface area contributed by atoms with Gasteiger partial charge in [-0.25, -0.2) is 4.39 Å². The summed E-state index contributed by atoms with van der Waals surface area (Å²) in [5, 5.41) is 12.4. The molecule has 0 aromatic carbocycles. The summed E-state index contributed by atoms with van der Waals surface area (Å²) >= 11 is 0. The normalized spacial score (nSPS) is 37.2. The van der Waals surface area contributed by atoms with Gasteiger partial charge in [-0.2, -0.15) is 5.26 Å². The number of nitriles is 1. The minimum atomic E-state index is -1.15. The maximum Gasteiger partial charge on any atom is 0.312 e. The molecule has 0 spiro atoms. The van der Waals surface area contributed by atoms with Crippen molar-refractivity contribution in [3.05, 3.63) is 0 Å². The number of carbonyl (C=O) groups excluding carboxylic acids is 3.